The molecule has 1 atom stereocenters. The zero-order chi connectivity index (χ0) is 20.5. The number of benzene rings is 2. The summed E-state index contributed by atoms with van der Waals surface area (Å²) in [5.74, 6) is -1.74. The Morgan fingerprint density at radius 2 is 1.76 bits per heavy atom. The maximum atomic E-state index is 13.0. The van der Waals surface area contributed by atoms with Crippen LogP contribution in [0.25, 0.3) is 5.76 Å². The number of aryl methyl sites for hydroxylation is 1. The zero-order valence-corrected chi connectivity index (χ0v) is 16.3. The van der Waals surface area contributed by atoms with E-state index in [0.29, 0.717) is 22.0 Å². The molecule has 0 radical (unpaired) electrons. The Morgan fingerprint density at radius 3 is 2.41 bits per heavy atom. The average molecular weight is 405 g/mol. The summed E-state index contributed by atoms with van der Waals surface area (Å²) in [7, 11) is 0. The van der Waals surface area contributed by atoms with Gasteiger partial charge in [0.2, 0.25) is 0 Å². The summed E-state index contributed by atoms with van der Waals surface area (Å²) in [5.41, 5.74) is 2.24. The first kappa shape index (κ1) is 18.9. The Morgan fingerprint density at radius 1 is 1.03 bits per heavy atom. The number of aliphatic hydroxyl groups excluding tert-OH is 1. The third-order valence-electron chi connectivity index (χ3n) is 4.89. The van der Waals surface area contributed by atoms with Gasteiger partial charge < -0.3 is 5.11 Å². The molecule has 0 spiro atoms. The van der Waals surface area contributed by atoms with Gasteiger partial charge in [0.25, 0.3) is 11.7 Å². The molecule has 3 aromatic rings. The number of amides is 1. The van der Waals surface area contributed by atoms with Crippen LogP contribution in [0.5, 0.6) is 0 Å². The molecule has 1 aliphatic heterocycles. The molecule has 1 unspecified atom stereocenters. The first-order chi connectivity index (χ1) is 14.0. The number of hydrogen-bond donors (Lipinski definition) is 1. The second kappa shape index (κ2) is 7.53. The van der Waals surface area contributed by atoms with E-state index in [2.05, 4.69) is 4.98 Å². The summed E-state index contributed by atoms with van der Waals surface area (Å²) in [6, 6.07) is 18.2. The largest absolute Gasteiger partial charge is 0.507 e. The highest BCUT2D eigenvalue weighted by Gasteiger charge is 2.47. The monoisotopic (exact) mass is 404 g/mol. The molecular formula is C23H17ClN2O3. The van der Waals surface area contributed by atoms with E-state index < -0.39 is 17.7 Å². The summed E-state index contributed by atoms with van der Waals surface area (Å²) >= 11 is 6.26. The fourth-order valence-corrected chi connectivity index (χ4v) is 3.57. The van der Waals surface area contributed by atoms with Crippen LogP contribution in [0.1, 0.15) is 22.9 Å². The number of halogens is 1. The lowest BCUT2D eigenvalue weighted by molar-refractivity contribution is -0.132. The predicted octanol–water partition coefficient (Wildman–Crippen LogP) is 4.67. The minimum atomic E-state index is -0.866. The predicted molar refractivity (Wildman–Crippen MR) is 112 cm³/mol. The molecule has 1 fully saturated rings. The standard InChI is InChI=1S/C23H17ClN2O3/c1-14-10-11-16(13-17(14)24)26-20(18-9-5-6-12-25-18)19(22(28)23(26)29)21(27)15-7-3-2-4-8-15/h2-13,20,27H,1H3/b21-19+. The molecule has 29 heavy (non-hydrogen) atoms. The van der Waals surface area contributed by atoms with Gasteiger partial charge in [-0.3, -0.25) is 19.5 Å². The summed E-state index contributed by atoms with van der Waals surface area (Å²) < 4.78 is 0. The van der Waals surface area contributed by atoms with E-state index in [9.17, 15) is 14.7 Å². The van der Waals surface area contributed by atoms with Crippen molar-refractivity contribution in [2.75, 3.05) is 4.90 Å². The van der Waals surface area contributed by atoms with Crippen LogP contribution >= 0.6 is 11.6 Å². The normalized spacial score (nSPS) is 18.3. The van der Waals surface area contributed by atoms with Crippen LogP contribution in [0.2, 0.25) is 5.02 Å². The number of pyridine rings is 1. The lowest BCUT2D eigenvalue weighted by Gasteiger charge is -2.25. The molecule has 1 amide bonds. The summed E-state index contributed by atoms with van der Waals surface area (Å²) in [6.45, 7) is 1.85. The quantitative estimate of drug-likeness (QED) is 0.391. The van der Waals surface area contributed by atoms with E-state index >= 15 is 0 Å². The molecule has 144 valence electrons. The number of hydrogen-bond acceptors (Lipinski definition) is 4. The van der Waals surface area contributed by atoms with Gasteiger partial charge in [-0.05, 0) is 36.8 Å². The number of carbonyl (C=O) groups is 2. The number of nitrogens with zero attached hydrogens (tertiary/aromatic N) is 2. The number of ketones is 1. The molecule has 2 heterocycles. The minimum Gasteiger partial charge on any atom is -0.507 e. The Bertz CT molecular complexity index is 1130. The Labute approximate surface area is 172 Å². The summed E-state index contributed by atoms with van der Waals surface area (Å²) in [5, 5.41) is 11.4. The molecule has 1 N–H and O–H groups in total. The molecule has 1 aliphatic rings. The number of aromatic nitrogens is 1. The Kier molecular flexibility index (Phi) is 4.91. The fraction of sp³-hybridized carbons (Fsp3) is 0.0870. The molecule has 4 rings (SSSR count). The number of aliphatic hydroxyl groups is 1. The lowest BCUT2D eigenvalue weighted by Crippen LogP contribution is -2.29. The second-order valence-electron chi connectivity index (χ2n) is 6.72. The summed E-state index contributed by atoms with van der Waals surface area (Å²) in [4.78, 5) is 31.6. The van der Waals surface area contributed by atoms with E-state index in [1.165, 1.54) is 4.90 Å². The number of carbonyl (C=O) groups excluding carboxylic acids is 2. The van der Waals surface area contributed by atoms with Gasteiger partial charge in [0, 0.05) is 22.5 Å². The maximum absolute atomic E-state index is 13.0. The third kappa shape index (κ3) is 3.30. The van der Waals surface area contributed by atoms with Gasteiger partial charge in [0.05, 0.1) is 11.3 Å². The lowest BCUT2D eigenvalue weighted by atomic mass is 9.98. The van der Waals surface area contributed by atoms with Crippen LogP contribution in [0, 0.1) is 6.92 Å². The van der Waals surface area contributed by atoms with Crippen molar-refractivity contribution in [1.82, 2.24) is 4.98 Å². The highest BCUT2D eigenvalue weighted by molar-refractivity contribution is 6.51. The molecule has 0 saturated carbocycles. The average Bonchev–Trinajstić information content (AvgIpc) is 3.02. The SMILES string of the molecule is Cc1ccc(N2C(=O)C(=O)/C(=C(/O)c3ccccc3)C2c2ccccn2)cc1Cl. The highest BCUT2D eigenvalue weighted by Crippen LogP contribution is 2.42. The first-order valence-electron chi connectivity index (χ1n) is 9.02. The smallest absolute Gasteiger partial charge is 0.300 e. The van der Waals surface area contributed by atoms with Crippen molar-refractivity contribution in [3.8, 4) is 0 Å². The van der Waals surface area contributed by atoms with Crippen LogP contribution in [0.3, 0.4) is 0 Å². The number of rotatable bonds is 3. The van der Waals surface area contributed by atoms with E-state index in [-0.39, 0.29) is 11.3 Å². The van der Waals surface area contributed by atoms with Crippen LogP contribution in [0.15, 0.2) is 78.5 Å². The van der Waals surface area contributed by atoms with Crippen molar-refractivity contribution in [2.24, 2.45) is 0 Å². The minimum absolute atomic E-state index is 0.00315. The number of anilines is 1. The van der Waals surface area contributed by atoms with Gasteiger partial charge in [0.15, 0.2) is 0 Å². The molecule has 1 saturated heterocycles. The highest BCUT2D eigenvalue weighted by atomic mass is 35.5. The Balaban J connectivity index is 1.95. The van der Waals surface area contributed by atoms with E-state index in [1.54, 1.807) is 72.9 Å². The van der Waals surface area contributed by atoms with Crippen molar-refractivity contribution in [3.63, 3.8) is 0 Å². The molecular weight excluding hydrogens is 388 g/mol. The van der Waals surface area contributed by atoms with Crippen molar-refractivity contribution in [3.05, 3.63) is 100 Å². The topological polar surface area (TPSA) is 70.5 Å². The van der Waals surface area contributed by atoms with Crippen LogP contribution in [0.4, 0.5) is 5.69 Å². The number of Topliss-reactive ketones (excluding diaryl/α,β-unsaturated/α-hetero) is 1. The van der Waals surface area contributed by atoms with Gasteiger partial charge in [0.1, 0.15) is 11.8 Å². The molecule has 5 nitrogen and oxygen atoms in total. The second-order valence-corrected chi connectivity index (χ2v) is 7.13. The zero-order valence-electron chi connectivity index (χ0n) is 15.5. The molecule has 1 aromatic heterocycles. The third-order valence-corrected chi connectivity index (χ3v) is 5.30. The van der Waals surface area contributed by atoms with Gasteiger partial charge in [-0.15, -0.1) is 0 Å². The van der Waals surface area contributed by atoms with Crippen LogP contribution in [-0.4, -0.2) is 21.8 Å². The fourth-order valence-electron chi connectivity index (χ4n) is 3.40. The molecule has 0 bridgehead atoms. The van der Waals surface area contributed by atoms with Gasteiger partial charge in [-0.2, -0.15) is 0 Å². The van der Waals surface area contributed by atoms with Crippen molar-refractivity contribution < 1.29 is 14.7 Å². The van der Waals surface area contributed by atoms with Crippen LogP contribution in [-0.2, 0) is 9.59 Å². The first-order valence-corrected chi connectivity index (χ1v) is 9.40. The van der Waals surface area contributed by atoms with E-state index in [4.69, 9.17) is 11.6 Å². The molecule has 0 aliphatic carbocycles. The van der Waals surface area contributed by atoms with E-state index in [1.807, 2.05) is 6.92 Å². The van der Waals surface area contributed by atoms with Gasteiger partial charge in [-0.1, -0.05) is 54.1 Å². The molecule has 2 aromatic carbocycles. The molecule has 6 heteroatoms. The maximum Gasteiger partial charge on any atom is 0.300 e. The van der Waals surface area contributed by atoms with Gasteiger partial charge in [-0.25, -0.2) is 0 Å². The van der Waals surface area contributed by atoms with Gasteiger partial charge >= 0.3 is 0 Å². The van der Waals surface area contributed by atoms with Crippen molar-refractivity contribution in [1.29, 1.82) is 0 Å². The van der Waals surface area contributed by atoms with E-state index in [0.717, 1.165) is 5.56 Å². The Hall–Kier alpha value is -3.44. The van der Waals surface area contributed by atoms with Crippen molar-refractivity contribution >= 4 is 34.7 Å². The summed E-state index contributed by atoms with van der Waals surface area (Å²) in [6.07, 6.45) is 1.58. The van der Waals surface area contributed by atoms with Crippen molar-refractivity contribution in [2.45, 2.75) is 13.0 Å². The van der Waals surface area contributed by atoms with Crippen LogP contribution < -0.4 is 4.90 Å².